The second-order valence-electron chi connectivity index (χ2n) is 6.59. The average molecular weight is 404 g/mol. The van der Waals surface area contributed by atoms with Crippen molar-refractivity contribution in [1.29, 1.82) is 0 Å². The number of nitrogens with one attached hydrogen (secondary N) is 2. The highest BCUT2D eigenvalue weighted by atomic mass is 32.2. The number of ether oxygens (including phenoxy) is 1. The third-order valence-corrected chi connectivity index (χ3v) is 6.52. The van der Waals surface area contributed by atoms with Crippen LogP contribution in [0.4, 0.5) is 11.4 Å². The minimum absolute atomic E-state index is 0.0154. The number of anilines is 2. The van der Waals surface area contributed by atoms with E-state index in [2.05, 4.69) is 10.6 Å². The van der Waals surface area contributed by atoms with Gasteiger partial charge in [-0.15, -0.1) is 0 Å². The van der Waals surface area contributed by atoms with Crippen molar-refractivity contribution in [3.8, 4) is 5.75 Å². The van der Waals surface area contributed by atoms with Gasteiger partial charge < -0.3 is 15.4 Å². The summed E-state index contributed by atoms with van der Waals surface area (Å²) in [4.78, 5) is 12.4. The van der Waals surface area contributed by atoms with E-state index in [1.54, 1.807) is 18.2 Å². The second-order valence-corrected chi connectivity index (χ2v) is 8.53. The van der Waals surface area contributed by atoms with E-state index in [1.165, 1.54) is 23.5 Å². The maximum absolute atomic E-state index is 12.9. The van der Waals surface area contributed by atoms with E-state index in [0.717, 1.165) is 19.3 Å². The number of hydrogen-bond acceptors (Lipinski definition) is 5. The molecule has 1 fully saturated rings. The molecule has 0 bridgehead atoms. The van der Waals surface area contributed by atoms with Gasteiger partial charge >= 0.3 is 0 Å². The Kier molecular flexibility index (Phi) is 6.53. The van der Waals surface area contributed by atoms with Gasteiger partial charge in [0.15, 0.2) is 0 Å². The minimum atomic E-state index is -3.56. The highest BCUT2D eigenvalue weighted by molar-refractivity contribution is 7.89. The molecule has 1 aliphatic heterocycles. The normalized spacial score (nSPS) is 15.0. The van der Waals surface area contributed by atoms with Crippen LogP contribution >= 0.6 is 0 Å². The predicted molar refractivity (Wildman–Crippen MR) is 109 cm³/mol. The lowest BCUT2D eigenvalue weighted by molar-refractivity contribution is -0.114. The Morgan fingerprint density at radius 1 is 1.07 bits per heavy atom. The third kappa shape index (κ3) is 4.82. The molecule has 0 spiro atoms. The highest BCUT2D eigenvalue weighted by Crippen LogP contribution is 2.29. The molecule has 1 amide bonds. The first-order valence-electron chi connectivity index (χ1n) is 9.27. The standard InChI is InChI=1S/C20H25N3O4S/c1-27-19-11-10-17(28(25,26)23-12-6-3-7-13-23)14-18(19)21-15-20(24)22-16-8-4-2-5-9-16/h2,4-5,8-11,14,21H,3,6-7,12-13,15H2,1H3,(H,22,24). The third-order valence-electron chi connectivity index (χ3n) is 4.62. The van der Waals surface area contributed by atoms with Crippen molar-refractivity contribution in [2.75, 3.05) is 37.4 Å². The summed E-state index contributed by atoms with van der Waals surface area (Å²) in [5, 5.41) is 5.76. The van der Waals surface area contributed by atoms with Gasteiger partial charge in [-0.3, -0.25) is 4.79 Å². The van der Waals surface area contributed by atoms with Crippen LogP contribution in [0.25, 0.3) is 0 Å². The van der Waals surface area contributed by atoms with E-state index < -0.39 is 10.0 Å². The zero-order valence-electron chi connectivity index (χ0n) is 15.8. The van der Waals surface area contributed by atoms with Gasteiger partial charge in [0.1, 0.15) is 5.75 Å². The molecule has 0 atom stereocenters. The number of piperidine rings is 1. The molecule has 2 N–H and O–H groups in total. The Balaban J connectivity index is 1.73. The van der Waals surface area contributed by atoms with Crippen LogP contribution in [0.15, 0.2) is 53.4 Å². The molecule has 28 heavy (non-hydrogen) atoms. The van der Waals surface area contributed by atoms with Crippen molar-refractivity contribution in [3.63, 3.8) is 0 Å². The minimum Gasteiger partial charge on any atom is -0.495 e. The van der Waals surface area contributed by atoms with Crippen molar-refractivity contribution in [2.45, 2.75) is 24.2 Å². The van der Waals surface area contributed by atoms with Crippen molar-refractivity contribution in [3.05, 3.63) is 48.5 Å². The summed E-state index contributed by atoms with van der Waals surface area (Å²) < 4.78 is 32.6. The van der Waals surface area contributed by atoms with Crippen molar-refractivity contribution in [2.24, 2.45) is 0 Å². The number of para-hydroxylation sites is 1. The number of amides is 1. The second kappa shape index (κ2) is 9.07. The number of hydrogen-bond donors (Lipinski definition) is 2. The molecule has 3 rings (SSSR count). The first-order chi connectivity index (χ1) is 13.5. The molecule has 0 radical (unpaired) electrons. The molecule has 150 valence electrons. The molecule has 0 unspecified atom stereocenters. The van der Waals surface area contributed by atoms with Gasteiger partial charge in [0.2, 0.25) is 15.9 Å². The topological polar surface area (TPSA) is 87.7 Å². The van der Waals surface area contributed by atoms with E-state index in [0.29, 0.717) is 30.2 Å². The van der Waals surface area contributed by atoms with Crippen LogP contribution < -0.4 is 15.4 Å². The largest absolute Gasteiger partial charge is 0.495 e. The molecule has 1 aliphatic rings. The summed E-state index contributed by atoms with van der Waals surface area (Å²) in [6, 6.07) is 13.8. The molecule has 0 saturated carbocycles. The van der Waals surface area contributed by atoms with Crippen LogP contribution in [0.3, 0.4) is 0 Å². The Labute approximate surface area is 165 Å². The van der Waals surface area contributed by atoms with Gasteiger partial charge in [-0.2, -0.15) is 4.31 Å². The highest BCUT2D eigenvalue weighted by Gasteiger charge is 2.26. The van der Waals surface area contributed by atoms with Gasteiger partial charge in [0.25, 0.3) is 0 Å². The summed E-state index contributed by atoms with van der Waals surface area (Å²) in [7, 11) is -2.06. The molecule has 2 aromatic carbocycles. The van der Waals surface area contributed by atoms with E-state index in [4.69, 9.17) is 4.74 Å². The Morgan fingerprint density at radius 2 is 1.79 bits per heavy atom. The number of carbonyl (C=O) groups is 1. The molecule has 1 heterocycles. The number of nitrogens with zero attached hydrogens (tertiary/aromatic N) is 1. The summed E-state index contributed by atoms with van der Waals surface area (Å²) >= 11 is 0. The first-order valence-corrected chi connectivity index (χ1v) is 10.7. The SMILES string of the molecule is COc1ccc(S(=O)(=O)N2CCCCC2)cc1NCC(=O)Nc1ccccc1. The zero-order valence-corrected chi connectivity index (χ0v) is 16.7. The summed E-state index contributed by atoms with van der Waals surface area (Å²) in [6.07, 6.45) is 2.80. The van der Waals surface area contributed by atoms with Crippen LogP contribution in [0.2, 0.25) is 0 Å². The van der Waals surface area contributed by atoms with Crippen LogP contribution in [-0.4, -0.2) is 45.4 Å². The number of sulfonamides is 1. The molecular weight excluding hydrogens is 378 g/mol. The Morgan fingerprint density at radius 3 is 2.46 bits per heavy atom. The van der Waals surface area contributed by atoms with E-state index in [9.17, 15) is 13.2 Å². The van der Waals surface area contributed by atoms with Crippen molar-refractivity contribution in [1.82, 2.24) is 4.31 Å². The van der Waals surface area contributed by atoms with E-state index in [-0.39, 0.29) is 17.3 Å². The fraction of sp³-hybridized carbons (Fsp3) is 0.350. The summed E-state index contributed by atoms with van der Waals surface area (Å²) in [6.45, 7) is 1.06. The number of carbonyl (C=O) groups excluding carboxylic acids is 1. The fourth-order valence-corrected chi connectivity index (χ4v) is 4.69. The average Bonchev–Trinajstić information content (AvgIpc) is 2.73. The van der Waals surface area contributed by atoms with E-state index in [1.807, 2.05) is 18.2 Å². The fourth-order valence-electron chi connectivity index (χ4n) is 3.14. The van der Waals surface area contributed by atoms with Crippen LogP contribution in [0.5, 0.6) is 5.75 Å². The predicted octanol–water partition coefficient (Wildman–Crippen LogP) is 2.92. The first kappa shape index (κ1) is 20.2. The lowest BCUT2D eigenvalue weighted by atomic mass is 10.2. The number of methoxy groups -OCH3 is 1. The Hall–Kier alpha value is -2.58. The molecule has 8 heteroatoms. The lowest BCUT2D eigenvalue weighted by Gasteiger charge is -2.26. The van der Waals surface area contributed by atoms with Crippen LogP contribution in [0.1, 0.15) is 19.3 Å². The van der Waals surface area contributed by atoms with Gasteiger partial charge in [0, 0.05) is 18.8 Å². The van der Waals surface area contributed by atoms with Gasteiger partial charge in [0.05, 0.1) is 24.2 Å². The monoisotopic (exact) mass is 403 g/mol. The van der Waals surface area contributed by atoms with Crippen LogP contribution in [0, 0.1) is 0 Å². The van der Waals surface area contributed by atoms with E-state index >= 15 is 0 Å². The molecule has 0 aliphatic carbocycles. The quantitative estimate of drug-likeness (QED) is 0.742. The lowest BCUT2D eigenvalue weighted by Crippen LogP contribution is -2.35. The zero-order chi connectivity index (χ0) is 20.0. The maximum Gasteiger partial charge on any atom is 0.243 e. The van der Waals surface area contributed by atoms with Crippen LogP contribution in [-0.2, 0) is 14.8 Å². The summed E-state index contributed by atoms with van der Waals surface area (Å²) in [5.41, 5.74) is 1.16. The van der Waals surface area contributed by atoms with Crippen molar-refractivity contribution >= 4 is 27.3 Å². The molecule has 2 aromatic rings. The van der Waals surface area contributed by atoms with Gasteiger partial charge in [-0.25, -0.2) is 8.42 Å². The molecular formula is C20H25N3O4S. The number of benzene rings is 2. The maximum atomic E-state index is 12.9. The summed E-state index contributed by atoms with van der Waals surface area (Å²) in [5.74, 6) is 0.239. The van der Waals surface area contributed by atoms with Gasteiger partial charge in [-0.1, -0.05) is 24.6 Å². The molecule has 1 saturated heterocycles. The van der Waals surface area contributed by atoms with Crippen molar-refractivity contribution < 1.29 is 17.9 Å². The smallest absolute Gasteiger partial charge is 0.243 e. The number of rotatable bonds is 7. The molecule has 0 aromatic heterocycles. The Bertz CT molecular complexity index is 910. The van der Waals surface area contributed by atoms with Gasteiger partial charge in [-0.05, 0) is 43.2 Å². The molecule has 7 nitrogen and oxygen atoms in total.